The second-order valence-corrected chi connectivity index (χ2v) is 4.26. The molecule has 4 heteroatoms. The van der Waals surface area contributed by atoms with Crippen LogP contribution in [-0.4, -0.2) is 9.97 Å². The number of hydrogen-bond donors (Lipinski definition) is 0. The highest BCUT2D eigenvalue weighted by Crippen LogP contribution is 2.24. The molecule has 0 N–H and O–H groups in total. The Morgan fingerprint density at radius 3 is 1.85 bits per heavy atom. The fraction of sp³-hybridized carbons (Fsp3) is 0. The molecular formula is C16H10F2N2. The normalized spacial score (nSPS) is 10.5. The number of rotatable bonds is 2. The zero-order valence-electron chi connectivity index (χ0n) is 10.4. The van der Waals surface area contributed by atoms with Crippen LogP contribution in [0.25, 0.3) is 22.5 Å². The predicted molar refractivity (Wildman–Crippen MR) is 72.8 cm³/mol. The molecule has 0 bridgehead atoms. The van der Waals surface area contributed by atoms with Gasteiger partial charge in [0, 0.05) is 18.0 Å². The maximum Gasteiger partial charge on any atom is 0.165 e. The van der Waals surface area contributed by atoms with E-state index >= 15 is 0 Å². The fourth-order valence-electron chi connectivity index (χ4n) is 1.95. The molecule has 2 nitrogen and oxygen atoms in total. The van der Waals surface area contributed by atoms with Gasteiger partial charge in [-0.2, -0.15) is 0 Å². The van der Waals surface area contributed by atoms with E-state index < -0.39 is 11.6 Å². The van der Waals surface area contributed by atoms with Crippen LogP contribution in [0, 0.1) is 11.6 Å². The van der Waals surface area contributed by atoms with Crippen LogP contribution in [0.5, 0.6) is 0 Å². The van der Waals surface area contributed by atoms with Crippen LogP contribution in [0.3, 0.4) is 0 Å². The largest absolute Gasteiger partial charge is 0.236 e. The molecule has 3 aromatic rings. The second kappa shape index (κ2) is 5.17. The summed E-state index contributed by atoms with van der Waals surface area (Å²) in [5.74, 6) is -1.30. The Labute approximate surface area is 114 Å². The lowest BCUT2D eigenvalue weighted by atomic mass is 10.1. The van der Waals surface area contributed by atoms with Gasteiger partial charge in [-0.3, -0.25) is 0 Å². The lowest BCUT2D eigenvalue weighted by molar-refractivity contribution is 0.587. The van der Waals surface area contributed by atoms with E-state index in [9.17, 15) is 8.78 Å². The van der Waals surface area contributed by atoms with E-state index in [0.717, 1.165) is 11.1 Å². The van der Waals surface area contributed by atoms with Gasteiger partial charge in [0.25, 0.3) is 0 Å². The van der Waals surface area contributed by atoms with Crippen LogP contribution in [-0.2, 0) is 0 Å². The Hall–Kier alpha value is -2.62. The molecule has 1 heterocycles. The first-order valence-corrected chi connectivity index (χ1v) is 6.07. The Balaban J connectivity index is 2.02. The molecule has 0 unspecified atom stereocenters. The standard InChI is InChI=1S/C16H10F2N2/c17-13-7-4-8-14(18)15(13)16-19-9-12(10-20-16)11-5-2-1-3-6-11/h1-10H. The molecule has 0 spiro atoms. The molecule has 98 valence electrons. The molecule has 0 amide bonds. The molecule has 2 aromatic carbocycles. The SMILES string of the molecule is Fc1cccc(F)c1-c1ncc(-c2ccccc2)cn1. The summed E-state index contributed by atoms with van der Waals surface area (Å²) in [5.41, 5.74) is 1.55. The maximum atomic E-state index is 13.6. The lowest BCUT2D eigenvalue weighted by Gasteiger charge is -2.05. The van der Waals surface area contributed by atoms with Gasteiger partial charge in [0.1, 0.15) is 11.6 Å². The van der Waals surface area contributed by atoms with Gasteiger partial charge in [-0.1, -0.05) is 36.4 Å². The van der Waals surface area contributed by atoms with Crippen molar-refractivity contribution >= 4 is 0 Å². The van der Waals surface area contributed by atoms with Crippen LogP contribution in [0.4, 0.5) is 8.78 Å². The van der Waals surface area contributed by atoms with Gasteiger partial charge in [0.15, 0.2) is 5.82 Å². The van der Waals surface area contributed by atoms with Gasteiger partial charge in [0.2, 0.25) is 0 Å². The maximum absolute atomic E-state index is 13.6. The molecule has 0 aliphatic carbocycles. The quantitative estimate of drug-likeness (QED) is 0.699. The third-order valence-electron chi connectivity index (χ3n) is 2.95. The average Bonchev–Trinajstić information content (AvgIpc) is 2.49. The molecule has 0 saturated carbocycles. The first kappa shape index (κ1) is 12.4. The van der Waals surface area contributed by atoms with Gasteiger partial charge in [-0.25, -0.2) is 18.7 Å². The van der Waals surface area contributed by atoms with E-state index in [2.05, 4.69) is 9.97 Å². The van der Waals surface area contributed by atoms with E-state index in [1.807, 2.05) is 30.3 Å². The van der Waals surface area contributed by atoms with Crippen molar-refractivity contribution in [1.82, 2.24) is 9.97 Å². The summed E-state index contributed by atoms with van der Waals surface area (Å²) < 4.78 is 27.3. The van der Waals surface area contributed by atoms with Gasteiger partial charge in [0.05, 0.1) is 5.56 Å². The second-order valence-electron chi connectivity index (χ2n) is 4.26. The lowest BCUT2D eigenvalue weighted by Crippen LogP contribution is -1.95. The van der Waals surface area contributed by atoms with Crippen molar-refractivity contribution in [3.63, 3.8) is 0 Å². The highest BCUT2D eigenvalue weighted by Gasteiger charge is 2.13. The Kier molecular flexibility index (Phi) is 3.21. The zero-order valence-corrected chi connectivity index (χ0v) is 10.4. The van der Waals surface area contributed by atoms with Crippen molar-refractivity contribution in [2.45, 2.75) is 0 Å². The van der Waals surface area contributed by atoms with Crippen molar-refractivity contribution in [3.05, 3.63) is 72.6 Å². The molecule has 3 rings (SSSR count). The van der Waals surface area contributed by atoms with Crippen molar-refractivity contribution in [2.24, 2.45) is 0 Å². The number of hydrogen-bond acceptors (Lipinski definition) is 2. The van der Waals surface area contributed by atoms with Crippen LogP contribution >= 0.6 is 0 Å². The number of aromatic nitrogens is 2. The Morgan fingerprint density at radius 1 is 0.650 bits per heavy atom. The third-order valence-corrected chi connectivity index (χ3v) is 2.95. The van der Waals surface area contributed by atoms with E-state index in [1.165, 1.54) is 18.2 Å². The van der Waals surface area contributed by atoms with Crippen molar-refractivity contribution < 1.29 is 8.78 Å². The van der Waals surface area contributed by atoms with E-state index in [1.54, 1.807) is 12.4 Å². The van der Waals surface area contributed by atoms with Gasteiger partial charge >= 0.3 is 0 Å². The summed E-state index contributed by atoms with van der Waals surface area (Å²) in [6.45, 7) is 0. The van der Waals surface area contributed by atoms with E-state index in [4.69, 9.17) is 0 Å². The van der Waals surface area contributed by atoms with Crippen LogP contribution in [0.15, 0.2) is 60.9 Å². The van der Waals surface area contributed by atoms with Crippen molar-refractivity contribution in [1.29, 1.82) is 0 Å². The monoisotopic (exact) mass is 268 g/mol. The number of benzene rings is 2. The molecule has 0 aliphatic rings. The Bertz CT molecular complexity index is 705. The predicted octanol–water partition coefficient (Wildman–Crippen LogP) is 4.09. The molecule has 0 radical (unpaired) electrons. The molecule has 0 fully saturated rings. The van der Waals surface area contributed by atoms with Gasteiger partial charge < -0.3 is 0 Å². The van der Waals surface area contributed by atoms with E-state index in [0.29, 0.717) is 0 Å². The highest BCUT2D eigenvalue weighted by molar-refractivity contribution is 5.63. The molecular weight excluding hydrogens is 258 g/mol. The van der Waals surface area contributed by atoms with Crippen LogP contribution in [0.2, 0.25) is 0 Å². The topological polar surface area (TPSA) is 25.8 Å². The summed E-state index contributed by atoms with van der Waals surface area (Å²) in [6.07, 6.45) is 3.12. The molecule has 1 aromatic heterocycles. The summed E-state index contributed by atoms with van der Waals surface area (Å²) in [5, 5.41) is 0. The first-order valence-electron chi connectivity index (χ1n) is 6.07. The van der Waals surface area contributed by atoms with Crippen LogP contribution < -0.4 is 0 Å². The molecule has 0 aliphatic heterocycles. The van der Waals surface area contributed by atoms with Gasteiger partial charge in [-0.15, -0.1) is 0 Å². The number of halogens is 2. The number of nitrogens with zero attached hydrogens (tertiary/aromatic N) is 2. The highest BCUT2D eigenvalue weighted by atomic mass is 19.1. The summed E-state index contributed by atoms with van der Waals surface area (Å²) in [6, 6.07) is 13.2. The first-order chi connectivity index (χ1) is 9.75. The molecule has 20 heavy (non-hydrogen) atoms. The summed E-state index contributed by atoms with van der Waals surface area (Å²) in [7, 11) is 0. The molecule has 0 atom stereocenters. The van der Waals surface area contributed by atoms with Crippen molar-refractivity contribution in [3.8, 4) is 22.5 Å². The average molecular weight is 268 g/mol. The molecule has 0 saturated heterocycles. The summed E-state index contributed by atoms with van der Waals surface area (Å²) >= 11 is 0. The Morgan fingerprint density at radius 2 is 1.25 bits per heavy atom. The van der Waals surface area contributed by atoms with Gasteiger partial charge in [-0.05, 0) is 17.7 Å². The minimum Gasteiger partial charge on any atom is -0.236 e. The zero-order chi connectivity index (χ0) is 13.9. The minimum atomic E-state index is -0.669. The minimum absolute atomic E-state index is 0.0419. The smallest absolute Gasteiger partial charge is 0.165 e. The van der Waals surface area contributed by atoms with Crippen LogP contribution in [0.1, 0.15) is 0 Å². The summed E-state index contributed by atoms with van der Waals surface area (Å²) in [4.78, 5) is 8.11. The third kappa shape index (κ3) is 2.28. The van der Waals surface area contributed by atoms with E-state index in [-0.39, 0.29) is 11.4 Å². The van der Waals surface area contributed by atoms with Crippen molar-refractivity contribution in [2.75, 3.05) is 0 Å². The fourth-order valence-corrected chi connectivity index (χ4v) is 1.95.